The summed E-state index contributed by atoms with van der Waals surface area (Å²) in [5.74, 6) is 2.38. The molecule has 0 N–H and O–H groups in total. The Morgan fingerprint density at radius 3 is 2.10 bits per heavy atom. The molecular formula is C6H10I2OS. The van der Waals surface area contributed by atoms with E-state index in [9.17, 15) is 0 Å². The minimum atomic E-state index is 0.513. The fraction of sp³-hybridized carbons (Fsp3) is 1.00. The Balaban J connectivity index is 2.25. The predicted molar refractivity (Wildman–Crippen MR) is 63.8 cm³/mol. The summed E-state index contributed by atoms with van der Waals surface area (Å²) in [4.78, 5) is 0. The van der Waals surface area contributed by atoms with Crippen LogP contribution in [0.2, 0.25) is 0 Å². The first kappa shape index (κ1) is 9.85. The van der Waals surface area contributed by atoms with Crippen molar-refractivity contribution in [3.63, 3.8) is 0 Å². The zero-order valence-electron chi connectivity index (χ0n) is 5.56. The first-order chi connectivity index (χ1) is 4.86. The molecule has 0 aromatic carbocycles. The molecule has 2 atom stereocenters. The Morgan fingerprint density at radius 1 is 1.20 bits per heavy atom. The van der Waals surface area contributed by atoms with Crippen molar-refractivity contribution in [1.29, 1.82) is 0 Å². The van der Waals surface area contributed by atoms with Crippen LogP contribution in [0.4, 0.5) is 0 Å². The molecule has 0 aromatic rings. The van der Waals surface area contributed by atoms with Gasteiger partial charge < -0.3 is 4.74 Å². The van der Waals surface area contributed by atoms with Gasteiger partial charge in [0.25, 0.3) is 0 Å². The predicted octanol–water partition coefficient (Wildman–Crippen LogP) is 2.36. The van der Waals surface area contributed by atoms with Crippen molar-refractivity contribution in [1.82, 2.24) is 0 Å². The minimum Gasteiger partial charge on any atom is -0.372 e. The van der Waals surface area contributed by atoms with Crippen molar-refractivity contribution in [2.24, 2.45) is 0 Å². The molecule has 10 heavy (non-hydrogen) atoms. The van der Waals surface area contributed by atoms with E-state index < -0.39 is 0 Å². The number of ether oxygens (including phenoxy) is 1. The van der Waals surface area contributed by atoms with Crippen molar-refractivity contribution >= 4 is 56.9 Å². The van der Waals surface area contributed by atoms with Gasteiger partial charge in [-0.1, -0.05) is 45.2 Å². The molecule has 4 heteroatoms. The topological polar surface area (TPSA) is 9.23 Å². The molecule has 1 rings (SSSR count). The van der Waals surface area contributed by atoms with Gasteiger partial charge in [-0.15, -0.1) is 0 Å². The van der Waals surface area contributed by atoms with Crippen LogP contribution in [0, 0.1) is 0 Å². The Kier molecular flexibility index (Phi) is 5.34. The fourth-order valence-electron chi connectivity index (χ4n) is 0.843. The van der Waals surface area contributed by atoms with Gasteiger partial charge in [0.1, 0.15) is 0 Å². The van der Waals surface area contributed by atoms with Gasteiger partial charge in [-0.3, -0.25) is 0 Å². The second-order valence-corrected chi connectivity index (χ2v) is 5.06. The van der Waals surface area contributed by atoms with E-state index in [1.54, 1.807) is 0 Å². The molecule has 0 aromatic heterocycles. The standard InChI is InChI=1S/C6H10I2OS/c7-1-5-3-10-4-6(2-8)9-5/h5-6H,1-4H2/t5-,6+. The van der Waals surface area contributed by atoms with Gasteiger partial charge in [-0.2, -0.15) is 11.8 Å². The summed E-state index contributed by atoms with van der Waals surface area (Å²) < 4.78 is 8.02. The molecule has 1 saturated heterocycles. The van der Waals surface area contributed by atoms with Crippen LogP contribution in [-0.4, -0.2) is 32.6 Å². The molecule has 1 nitrogen and oxygen atoms in total. The molecule has 1 heterocycles. The van der Waals surface area contributed by atoms with Crippen LogP contribution in [0.5, 0.6) is 0 Å². The number of thioether (sulfide) groups is 1. The molecule has 1 aliphatic rings. The van der Waals surface area contributed by atoms with Gasteiger partial charge in [-0.25, -0.2) is 0 Å². The summed E-state index contributed by atoms with van der Waals surface area (Å²) >= 11 is 6.81. The number of rotatable bonds is 2. The Labute approximate surface area is 93.3 Å². The van der Waals surface area contributed by atoms with Crippen LogP contribution in [0.25, 0.3) is 0 Å². The molecule has 60 valence electrons. The maximum Gasteiger partial charge on any atom is 0.0759 e. The Morgan fingerprint density at radius 2 is 1.70 bits per heavy atom. The largest absolute Gasteiger partial charge is 0.372 e. The molecule has 0 unspecified atom stereocenters. The van der Waals surface area contributed by atoms with Crippen LogP contribution < -0.4 is 0 Å². The molecule has 0 spiro atoms. The molecule has 0 saturated carbocycles. The van der Waals surface area contributed by atoms with E-state index >= 15 is 0 Å². The van der Waals surface area contributed by atoms with Crippen LogP contribution in [-0.2, 0) is 4.74 Å². The van der Waals surface area contributed by atoms with E-state index in [0.717, 1.165) is 8.86 Å². The fourth-order valence-corrected chi connectivity index (χ4v) is 3.78. The van der Waals surface area contributed by atoms with Crippen LogP contribution in [0.3, 0.4) is 0 Å². The number of hydrogen-bond donors (Lipinski definition) is 0. The monoisotopic (exact) mass is 384 g/mol. The third kappa shape index (κ3) is 3.02. The lowest BCUT2D eigenvalue weighted by molar-refractivity contribution is 0.0379. The maximum atomic E-state index is 5.75. The van der Waals surface area contributed by atoms with Gasteiger partial charge in [0, 0.05) is 20.4 Å². The highest BCUT2D eigenvalue weighted by atomic mass is 127. The summed E-state index contributed by atoms with van der Waals surface area (Å²) in [6.07, 6.45) is 1.03. The Bertz CT molecular complexity index is 91.7. The number of halogens is 2. The molecule has 1 aliphatic heterocycles. The summed E-state index contributed by atoms with van der Waals surface area (Å²) in [6, 6.07) is 0. The lowest BCUT2D eigenvalue weighted by Crippen LogP contribution is -2.33. The summed E-state index contributed by atoms with van der Waals surface area (Å²) in [6.45, 7) is 0. The maximum absolute atomic E-state index is 5.75. The lowest BCUT2D eigenvalue weighted by atomic mass is 10.4. The van der Waals surface area contributed by atoms with E-state index in [0.29, 0.717) is 12.2 Å². The molecule has 1 fully saturated rings. The quantitative estimate of drug-likeness (QED) is 0.534. The zero-order chi connectivity index (χ0) is 7.40. The first-order valence-corrected chi connectivity index (χ1v) is 7.42. The van der Waals surface area contributed by atoms with Gasteiger partial charge in [0.2, 0.25) is 0 Å². The van der Waals surface area contributed by atoms with Crippen LogP contribution in [0.15, 0.2) is 0 Å². The molecule has 0 bridgehead atoms. The van der Waals surface area contributed by atoms with E-state index in [-0.39, 0.29) is 0 Å². The van der Waals surface area contributed by atoms with Gasteiger partial charge in [0.15, 0.2) is 0 Å². The van der Waals surface area contributed by atoms with Gasteiger partial charge in [0.05, 0.1) is 12.2 Å². The molecule has 0 amide bonds. The second kappa shape index (κ2) is 5.42. The first-order valence-electron chi connectivity index (χ1n) is 3.22. The highest BCUT2D eigenvalue weighted by Crippen LogP contribution is 2.20. The van der Waals surface area contributed by atoms with Gasteiger partial charge >= 0.3 is 0 Å². The summed E-state index contributed by atoms with van der Waals surface area (Å²) in [7, 11) is 0. The second-order valence-electron chi connectivity index (χ2n) is 2.23. The highest BCUT2D eigenvalue weighted by Gasteiger charge is 2.20. The minimum absolute atomic E-state index is 0.513. The lowest BCUT2D eigenvalue weighted by Gasteiger charge is -2.27. The Hall–Kier alpha value is 1.77. The van der Waals surface area contributed by atoms with Crippen molar-refractivity contribution in [3.05, 3.63) is 0 Å². The van der Waals surface area contributed by atoms with E-state index in [4.69, 9.17) is 4.74 Å². The molecular weight excluding hydrogens is 374 g/mol. The highest BCUT2D eigenvalue weighted by molar-refractivity contribution is 14.1. The molecule has 0 aliphatic carbocycles. The van der Waals surface area contributed by atoms with Crippen molar-refractivity contribution in [2.75, 3.05) is 20.4 Å². The van der Waals surface area contributed by atoms with Crippen molar-refractivity contribution in [3.8, 4) is 0 Å². The van der Waals surface area contributed by atoms with Crippen LogP contribution in [0.1, 0.15) is 0 Å². The SMILES string of the molecule is IC[C@@H]1CSC[C@H](CI)O1. The third-order valence-electron chi connectivity index (χ3n) is 1.34. The van der Waals surface area contributed by atoms with Crippen LogP contribution >= 0.6 is 56.9 Å². The van der Waals surface area contributed by atoms with Crippen molar-refractivity contribution < 1.29 is 4.74 Å². The van der Waals surface area contributed by atoms with Gasteiger partial charge in [-0.05, 0) is 0 Å². The summed E-state index contributed by atoms with van der Waals surface area (Å²) in [5, 5.41) is 0. The smallest absolute Gasteiger partial charge is 0.0759 e. The van der Waals surface area contributed by atoms with E-state index in [2.05, 4.69) is 45.2 Å². The van der Waals surface area contributed by atoms with E-state index in [1.807, 2.05) is 11.8 Å². The number of hydrogen-bond acceptors (Lipinski definition) is 2. The average molecular weight is 384 g/mol. The van der Waals surface area contributed by atoms with Crippen molar-refractivity contribution in [2.45, 2.75) is 12.2 Å². The third-order valence-corrected chi connectivity index (χ3v) is 4.52. The number of alkyl halides is 2. The zero-order valence-corrected chi connectivity index (χ0v) is 10.7. The normalized spacial score (nSPS) is 34.2. The summed E-state index contributed by atoms with van der Waals surface area (Å²) in [5.41, 5.74) is 0. The average Bonchev–Trinajstić information content (AvgIpc) is 2.05. The van der Waals surface area contributed by atoms with E-state index in [1.165, 1.54) is 11.5 Å². The molecule has 0 radical (unpaired) electrons.